The molecule has 0 fully saturated rings. The van der Waals surface area contributed by atoms with Crippen LogP contribution in [0.3, 0.4) is 0 Å². The molecule has 0 heterocycles. The van der Waals surface area contributed by atoms with Crippen molar-refractivity contribution in [2.75, 3.05) is 20.6 Å². The van der Waals surface area contributed by atoms with Crippen LogP contribution in [0.2, 0.25) is 0 Å². The van der Waals surface area contributed by atoms with Crippen molar-refractivity contribution in [3.8, 4) is 0 Å². The van der Waals surface area contributed by atoms with Crippen molar-refractivity contribution in [3.05, 3.63) is 12.2 Å². The first-order valence-corrected chi connectivity index (χ1v) is 5.57. The van der Waals surface area contributed by atoms with E-state index in [0.717, 1.165) is 0 Å². The molecule has 0 radical (unpaired) electrons. The molecule has 0 saturated carbocycles. The molecule has 0 rings (SSSR count). The monoisotopic (exact) mass is 183 g/mol. The van der Waals surface area contributed by atoms with Crippen molar-refractivity contribution in [2.24, 2.45) is 0 Å². The molecule has 0 unspecified atom stereocenters. The molecule has 0 aliphatic rings. The number of hydrogen-bond acceptors (Lipinski definition) is 1. The highest BCUT2D eigenvalue weighted by atomic mass is 15.0. The fraction of sp³-hybridized carbons (Fsp3) is 0.833. The summed E-state index contributed by atoms with van der Waals surface area (Å²) in [5.41, 5.74) is 0. The minimum absolute atomic E-state index is 1.21. The molecule has 0 aromatic carbocycles. The van der Waals surface area contributed by atoms with Crippen LogP contribution >= 0.6 is 0 Å². The zero-order valence-electron chi connectivity index (χ0n) is 9.55. The first-order valence-electron chi connectivity index (χ1n) is 5.57. The number of rotatable bonds is 8. The van der Waals surface area contributed by atoms with Crippen LogP contribution in [0.25, 0.3) is 0 Å². The number of unbranched alkanes of at least 4 members (excludes halogenated alkanes) is 4. The molecule has 0 bridgehead atoms. The second-order valence-corrected chi connectivity index (χ2v) is 3.91. The van der Waals surface area contributed by atoms with Crippen LogP contribution in [0.5, 0.6) is 0 Å². The topological polar surface area (TPSA) is 3.24 Å². The molecule has 0 saturated heterocycles. The minimum atomic E-state index is 1.21. The van der Waals surface area contributed by atoms with Crippen LogP contribution in [0.15, 0.2) is 12.2 Å². The summed E-state index contributed by atoms with van der Waals surface area (Å²) in [5.74, 6) is 0. The van der Waals surface area contributed by atoms with Crippen LogP contribution in [0.1, 0.15) is 45.4 Å². The van der Waals surface area contributed by atoms with Crippen LogP contribution in [0.4, 0.5) is 0 Å². The standard InChI is InChI=1S/C12H25N/c1-4-5-6-7-8-9-10-11-12-13(2)3/h8-9H,4-7,10-12H2,1-3H3. The van der Waals surface area contributed by atoms with Gasteiger partial charge in [0.05, 0.1) is 0 Å². The quantitative estimate of drug-likeness (QED) is 0.411. The van der Waals surface area contributed by atoms with E-state index in [4.69, 9.17) is 0 Å². The highest BCUT2D eigenvalue weighted by Gasteiger charge is 1.87. The second kappa shape index (κ2) is 9.79. The number of allylic oxidation sites excluding steroid dienone is 2. The smallest absolute Gasteiger partial charge is 0.00219 e. The van der Waals surface area contributed by atoms with Gasteiger partial charge in [0.2, 0.25) is 0 Å². The van der Waals surface area contributed by atoms with Gasteiger partial charge in [0, 0.05) is 0 Å². The summed E-state index contributed by atoms with van der Waals surface area (Å²) in [6, 6.07) is 0. The molecule has 0 aliphatic heterocycles. The van der Waals surface area contributed by atoms with Gasteiger partial charge in [-0.25, -0.2) is 0 Å². The third-order valence-corrected chi connectivity index (χ3v) is 2.12. The van der Waals surface area contributed by atoms with Crippen molar-refractivity contribution in [2.45, 2.75) is 45.4 Å². The summed E-state index contributed by atoms with van der Waals surface area (Å²) >= 11 is 0. The molecular weight excluding hydrogens is 158 g/mol. The van der Waals surface area contributed by atoms with E-state index in [2.05, 4.69) is 38.1 Å². The molecular formula is C12H25N. The van der Waals surface area contributed by atoms with Crippen molar-refractivity contribution in [1.29, 1.82) is 0 Å². The van der Waals surface area contributed by atoms with Crippen molar-refractivity contribution >= 4 is 0 Å². The third kappa shape index (κ3) is 11.7. The lowest BCUT2D eigenvalue weighted by molar-refractivity contribution is 0.402. The summed E-state index contributed by atoms with van der Waals surface area (Å²) in [6.07, 6.45) is 12.5. The Morgan fingerprint density at radius 3 is 2.08 bits per heavy atom. The average Bonchev–Trinajstić information content (AvgIpc) is 2.09. The second-order valence-electron chi connectivity index (χ2n) is 3.91. The van der Waals surface area contributed by atoms with Crippen molar-refractivity contribution in [1.82, 2.24) is 4.90 Å². The Morgan fingerprint density at radius 1 is 0.923 bits per heavy atom. The molecule has 78 valence electrons. The largest absolute Gasteiger partial charge is 0.309 e. The van der Waals surface area contributed by atoms with Gasteiger partial charge in [-0.15, -0.1) is 0 Å². The Bertz CT molecular complexity index is 116. The maximum atomic E-state index is 2.34. The van der Waals surface area contributed by atoms with Crippen LogP contribution in [-0.2, 0) is 0 Å². The van der Waals surface area contributed by atoms with Crippen molar-refractivity contribution in [3.63, 3.8) is 0 Å². The van der Waals surface area contributed by atoms with E-state index in [1.54, 1.807) is 0 Å². The molecule has 0 spiro atoms. The Hall–Kier alpha value is -0.300. The normalized spacial score (nSPS) is 11.7. The van der Waals surface area contributed by atoms with Gasteiger partial charge in [-0.2, -0.15) is 0 Å². The van der Waals surface area contributed by atoms with E-state index in [1.807, 2.05) is 0 Å². The summed E-state index contributed by atoms with van der Waals surface area (Å²) in [6.45, 7) is 3.46. The van der Waals surface area contributed by atoms with Gasteiger partial charge in [0.25, 0.3) is 0 Å². The maximum absolute atomic E-state index is 2.34. The van der Waals surface area contributed by atoms with Gasteiger partial charge in [0.15, 0.2) is 0 Å². The first-order chi connectivity index (χ1) is 6.27. The number of nitrogens with zero attached hydrogens (tertiary/aromatic N) is 1. The van der Waals surface area contributed by atoms with Gasteiger partial charge in [0.1, 0.15) is 0 Å². The lowest BCUT2D eigenvalue weighted by Gasteiger charge is -2.06. The molecule has 13 heavy (non-hydrogen) atoms. The SMILES string of the molecule is CCCCCC=CCCCN(C)C. The highest BCUT2D eigenvalue weighted by molar-refractivity contribution is 4.81. The zero-order valence-corrected chi connectivity index (χ0v) is 9.55. The Morgan fingerprint density at radius 2 is 1.54 bits per heavy atom. The lowest BCUT2D eigenvalue weighted by atomic mass is 10.2. The Balaban J connectivity index is 3.03. The van der Waals surface area contributed by atoms with Crippen LogP contribution in [-0.4, -0.2) is 25.5 Å². The molecule has 0 aromatic rings. The van der Waals surface area contributed by atoms with E-state index in [1.165, 1.54) is 45.1 Å². The fourth-order valence-corrected chi connectivity index (χ4v) is 1.27. The van der Waals surface area contributed by atoms with E-state index < -0.39 is 0 Å². The van der Waals surface area contributed by atoms with Crippen LogP contribution < -0.4 is 0 Å². The lowest BCUT2D eigenvalue weighted by Crippen LogP contribution is -2.12. The predicted octanol–water partition coefficient (Wildman–Crippen LogP) is 3.46. The molecule has 1 heteroatoms. The molecule has 0 aliphatic carbocycles. The summed E-state index contributed by atoms with van der Waals surface area (Å²) in [4.78, 5) is 2.24. The van der Waals surface area contributed by atoms with Gasteiger partial charge in [-0.1, -0.05) is 31.9 Å². The summed E-state index contributed by atoms with van der Waals surface area (Å²) in [7, 11) is 4.26. The molecule has 0 atom stereocenters. The Labute approximate surface area is 83.8 Å². The highest BCUT2D eigenvalue weighted by Crippen LogP contribution is 2.01. The van der Waals surface area contributed by atoms with E-state index in [0.29, 0.717) is 0 Å². The summed E-state index contributed by atoms with van der Waals surface area (Å²) < 4.78 is 0. The third-order valence-electron chi connectivity index (χ3n) is 2.12. The van der Waals surface area contributed by atoms with Crippen molar-refractivity contribution < 1.29 is 0 Å². The first kappa shape index (κ1) is 12.7. The predicted molar refractivity (Wildman–Crippen MR) is 61.1 cm³/mol. The Kier molecular flexibility index (Phi) is 9.56. The van der Waals surface area contributed by atoms with Gasteiger partial charge >= 0.3 is 0 Å². The van der Waals surface area contributed by atoms with Crippen LogP contribution in [0, 0.1) is 0 Å². The average molecular weight is 183 g/mol. The molecule has 0 aromatic heterocycles. The van der Waals surface area contributed by atoms with Gasteiger partial charge < -0.3 is 4.90 Å². The van der Waals surface area contributed by atoms with Gasteiger partial charge in [-0.3, -0.25) is 0 Å². The minimum Gasteiger partial charge on any atom is -0.309 e. The van der Waals surface area contributed by atoms with E-state index in [9.17, 15) is 0 Å². The maximum Gasteiger partial charge on any atom is -0.00219 e. The summed E-state index contributed by atoms with van der Waals surface area (Å²) in [5, 5.41) is 0. The zero-order chi connectivity index (χ0) is 9.94. The van der Waals surface area contributed by atoms with Gasteiger partial charge in [-0.05, 0) is 46.3 Å². The molecule has 1 nitrogen and oxygen atoms in total. The fourth-order valence-electron chi connectivity index (χ4n) is 1.27. The van der Waals surface area contributed by atoms with E-state index >= 15 is 0 Å². The molecule has 0 amide bonds. The number of hydrogen-bond donors (Lipinski definition) is 0. The molecule has 0 N–H and O–H groups in total. The van der Waals surface area contributed by atoms with E-state index in [-0.39, 0.29) is 0 Å².